The fourth-order valence-electron chi connectivity index (χ4n) is 1.76. The number of halogens is 2. The summed E-state index contributed by atoms with van der Waals surface area (Å²) in [5, 5.41) is 2.98. The van der Waals surface area contributed by atoms with Gasteiger partial charge in [0.25, 0.3) is 0 Å². The predicted octanol–water partition coefficient (Wildman–Crippen LogP) is 6.59. The summed E-state index contributed by atoms with van der Waals surface area (Å²) in [7, 11) is 0. The highest BCUT2D eigenvalue weighted by Crippen LogP contribution is 2.37. The van der Waals surface area contributed by atoms with Gasteiger partial charge in [-0.05, 0) is 17.9 Å². The second kappa shape index (κ2) is 8.54. The van der Waals surface area contributed by atoms with E-state index in [4.69, 9.17) is 11.6 Å². The smallest absolute Gasteiger partial charge is 0.0556 e. The van der Waals surface area contributed by atoms with Crippen LogP contribution in [-0.4, -0.2) is 0 Å². The molecule has 0 aliphatic carbocycles. The molecule has 0 radical (unpaired) electrons. The molecule has 0 nitrogen and oxygen atoms in total. The van der Waals surface area contributed by atoms with Gasteiger partial charge in [0.2, 0.25) is 0 Å². The third kappa shape index (κ3) is 5.20. The number of alkyl halides is 1. The maximum Gasteiger partial charge on any atom is 0.0556 e. The molecule has 16 heavy (non-hydrogen) atoms. The minimum absolute atomic E-state index is 0.450. The Kier molecular flexibility index (Phi) is 7.76. The molecular weight excluding hydrogens is 304 g/mol. The van der Waals surface area contributed by atoms with E-state index in [1.54, 1.807) is 11.3 Å². The molecule has 0 amide bonds. The van der Waals surface area contributed by atoms with Crippen molar-refractivity contribution in [2.75, 3.05) is 0 Å². The lowest BCUT2D eigenvalue weighted by Crippen LogP contribution is -1.88. The lowest BCUT2D eigenvalue weighted by atomic mass is 10.1. The van der Waals surface area contributed by atoms with Crippen molar-refractivity contribution in [3.63, 3.8) is 0 Å². The van der Waals surface area contributed by atoms with Gasteiger partial charge in [0.05, 0.1) is 9.85 Å². The van der Waals surface area contributed by atoms with E-state index in [1.165, 1.54) is 49.8 Å². The molecule has 0 fully saturated rings. The van der Waals surface area contributed by atoms with Crippen molar-refractivity contribution in [2.24, 2.45) is 0 Å². The molecule has 1 aromatic rings. The molecule has 1 rings (SSSR count). The normalized spacial score (nSPS) is 12.9. The number of thiophene rings is 1. The molecule has 0 saturated heterocycles. The maximum atomic E-state index is 6.10. The van der Waals surface area contributed by atoms with E-state index < -0.39 is 0 Å². The van der Waals surface area contributed by atoms with E-state index in [-0.39, 0.29) is 0 Å². The van der Waals surface area contributed by atoms with Crippen LogP contribution in [0.2, 0.25) is 5.02 Å². The Morgan fingerprint density at radius 1 is 1.25 bits per heavy atom. The standard InChI is InChI=1S/C13H20BrClS/c1-2-3-4-5-6-7-8-11(14)13-12(15)9-10-16-13/h9-11H,2-8H2,1H3. The van der Waals surface area contributed by atoms with Crippen LogP contribution in [0.3, 0.4) is 0 Å². The van der Waals surface area contributed by atoms with Gasteiger partial charge in [-0.1, -0.05) is 73.0 Å². The van der Waals surface area contributed by atoms with E-state index in [0.29, 0.717) is 4.83 Å². The Morgan fingerprint density at radius 2 is 1.94 bits per heavy atom. The number of hydrogen-bond acceptors (Lipinski definition) is 1. The monoisotopic (exact) mass is 322 g/mol. The fourth-order valence-corrected chi connectivity index (χ4v) is 3.99. The van der Waals surface area contributed by atoms with Crippen molar-refractivity contribution < 1.29 is 0 Å². The Morgan fingerprint density at radius 3 is 2.56 bits per heavy atom. The SMILES string of the molecule is CCCCCCCCC(Br)c1sccc1Cl. The third-order valence-corrected chi connectivity index (χ3v) is 5.43. The molecule has 92 valence electrons. The highest BCUT2D eigenvalue weighted by Gasteiger charge is 2.12. The van der Waals surface area contributed by atoms with Crippen LogP contribution in [0.5, 0.6) is 0 Å². The molecule has 0 saturated carbocycles. The van der Waals surface area contributed by atoms with Gasteiger partial charge in [0.1, 0.15) is 0 Å². The molecule has 0 aliphatic heterocycles. The Balaban J connectivity index is 2.11. The molecule has 0 aromatic carbocycles. The maximum absolute atomic E-state index is 6.10. The zero-order valence-electron chi connectivity index (χ0n) is 9.85. The minimum Gasteiger partial charge on any atom is -0.146 e. The largest absolute Gasteiger partial charge is 0.146 e. The highest BCUT2D eigenvalue weighted by atomic mass is 79.9. The molecular formula is C13H20BrClS. The summed E-state index contributed by atoms with van der Waals surface area (Å²) in [5.41, 5.74) is 0. The second-order valence-corrected chi connectivity index (χ2v) is 6.62. The number of rotatable bonds is 8. The number of unbranched alkanes of at least 4 members (excludes halogenated alkanes) is 5. The van der Waals surface area contributed by atoms with Crippen LogP contribution in [0.4, 0.5) is 0 Å². The van der Waals surface area contributed by atoms with E-state index in [1.807, 2.05) is 6.07 Å². The van der Waals surface area contributed by atoms with Crippen LogP contribution in [0.25, 0.3) is 0 Å². The molecule has 0 bridgehead atoms. The van der Waals surface area contributed by atoms with Gasteiger partial charge in [-0.3, -0.25) is 0 Å². The predicted molar refractivity (Wildman–Crippen MR) is 79.0 cm³/mol. The molecule has 1 heterocycles. The Labute approximate surface area is 117 Å². The quantitative estimate of drug-likeness (QED) is 0.374. The zero-order valence-corrected chi connectivity index (χ0v) is 13.0. The van der Waals surface area contributed by atoms with Crippen LogP contribution in [0.15, 0.2) is 11.4 Å². The van der Waals surface area contributed by atoms with Gasteiger partial charge in [-0.15, -0.1) is 11.3 Å². The molecule has 0 spiro atoms. The van der Waals surface area contributed by atoms with Gasteiger partial charge < -0.3 is 0 Å². The van der Waals surface area contributed by atoms with Crippen LogP contribution < -0.4 is 0 Å². The van der Waals surface area contributed by atoms with Gasteiger partial charge in [-0.2, -0.15) is 0 Å². The summed E-state index contributed by atoms with van der Waals surface area (Å²) in [4.78, 5) is 1.74. The first-order chi connectivity index (χ1) is 7.75. The second-order valence-electron chi connectivity index (χ2n) is 4.16. The molecule has 0 N–H and O–H groups in total. The van der Waals surface area contributed by atoms with Crippen molar-refractivity contribution in [1.82, 2.24) is 0 Å². The van der Waals surface area contributed by atoms with Crippen LogP contribution in [0, 0.1) is 0 Å². The van der Waals surface area contributed by atoms with E-state index >= 15 is 0 Å². The van der Waals surface area contributed by atoms with Crippen molar-refractivity contribution in [2.45, 2.75) is 56.7 Å². The van der Waals surface area contributed by atoms with E-state index in [2.05, 4.69) is 28.2 Å². The molecule has 3 heteroatoms. The van der Waals surface area contributed by atoms with Crippen LogP contribution in [-0.2, 0) is 0 Å². The van der Waals surface area contributed by atoms with Crippen LogP contribution in [0.1, 0.15) is 61.6 Å². The first-order valence-corrected chi connectivity index (χ1v) is 8.30. The lowest BCUT2D eigenvalue weighted by molar-refractivity contribution is 0.589. The summed E-state index contributed by atoms with van der Waals surface area (Å²) in [6, 6.07) is 1.98. The molecule has 1 unspecified atom stereocenters. The van der Waals surface area contributed by atoms with Crippen molar-refractivity contribution in [1.29, 1.82) is 0 Å². The van der Waals surface area contributed by atoms with Gasteiger partial charge in [-0.25, -0.2) is 0 Å². The van der Waals surface area contributed by atoms with E-state index in [0.717, 1.165) is 5.02 Å². The van der Waals surface area contributed by atoms with Crippen molar-refractivity contribution in [3.05, 3.63) is 21.3 Å². The van der Waals surface area contributed by atoms with Crippen molar-refractivity contribution >= 4 is 38.9 Å². The fraction of sp³-hybridized carbons (Fsp3) is 0.692. The summed E-state index contributed by atoms with van der Waals surface area (Å²) in [6.07, 6.45) is 9.33. The van der Waals surface area contributed by atoms with Gasteiger partial charge in [0, 0.05) is 4.88 Å². The summed E-state index contributed by atoms with van der Waals surface area (Å²) < 4.78 is 0. The average molecular weight is 324 g/mol. The zero-order chi connectivity index (χ0) is 11.8. The summed E-state index contributed by atoms with van der Waals surface area (Å²) in [5.74, 6) is 0. The molecule has 1 aromatic heterocycles. The topological polar surface area (TPSA) is 0 Å². The minimum atomic E-state index is 0.450. The third-order valence-electron chi connectivity index (χ3n) is 2.74. The highest BCUT2D eigenvalue weighted by molar-refractivity contribution is 9.09. The van der Waals surface area contributed by atoms with Gasteiger partial charge in [0.15, 0.2) is 0 Å². The Hall–Kier alpha value is 0.470. The summed E-state index contributed by atoms with van der Waals surface area (Å²) in [6.45, 7) is 2.26. The first kappa shape index (κ1) is 14.5. The lowest BCUT2D eigenvalue weighted by Gasteiger charge is -2.08. The van der Waals surface area contributed by atoms with Gasteiger partial charge >= 0.3 is 0 Å². The summed E-state index contributed by atoms with van der Waals surface area (Å²) >= 11 is 11.6. The molecule has 0 aliphatic rings. The Bertz CT molecular complexity index is 285. The first-order valence-electron chi connectivity index (χ1n) is 6.12. The van der Waals surface area contributed by atoms with Crippen LogP contribution >= 0.6 is 38.9 Å². The number of hydrogen-bond donors (Lipinski definition) is 0. The average Bonchev–Trinajstić information content (AvgIpc) is 2.69. The molecule has 1 atom stereocenters. The van der Waals surface area contributed by atoms with E-state index in [9.17, 15) is 0 Å². The van der Waals surface area contributed by atoms with Crippen molar-refractivity contribution in [3.8, 4) is 0 Å².